The lowest BCUT2D eigenvalue weighted by molar-refractivity contribution is -0.384. The fraction of sp³-hybridized carbons (Fsp3) is 0.263. The van der Waals surface area contributed by atoms with Gasteiger partial charge in [0.15, 0.2) is 0 Å². The minimum absolute atomic E-state index is 0. The number of ether oxygens (including phenoxy) is 2. The molecule has 0 aliphatic rings. The second kappa shape index (κ2) is 11.9. The number of pyridine rings is 1. The Morgan fingerprint density at radius 1 is 1.12 bits per heavy atom. The van der Waals surface area contributed by atoms with Crippen LogP contribution in [0.5, 0.6) is 11.8 Å². The van der Waals surface area contributed by atoms with Crippen LogP contribution in [0.3, 0.4) is 0 Å². The Morgan fingerprint density at radius 2 is 1.81 bits per heavy atom. The Bertz CT molecular complexity index is 1090. The number of nitrogens with zero attached hydrogens (tertiary/aromatic N) is 5. The first-order valence-electron chi connectivity index (χ1n) is 8.82. The van der Waals surface area contributed by atoms with Crippen LogP contribution in [0.15, 0.2) is 36.5 Å². The highest BCUT2D eigenvalue weighted by Crippen LogP contribution is 2.30. The maximum Gasteiger partial charge on any atom is 0.317 e. The second-order valence-corrected chi connectivity index (χ2v) is 6.33. The number of halogens is 2. The van der Waals surface area contributed by atoms with E-state index < -0.39 is 10.9 Å². The van der Waals surface area contributed by atoms with E-state index in [1.54, 1.807) is 29.3 Å². The summed E-state index contributed by atoms with van der Waals surface area (Å²) < 4.78 is 10.3. The van der Waals surface area contributed by atoms with E-state index in [1.165, 1.54) is 26.4 Å². The van der Waals surface area contributed by atoms with Crippen molar-refractivity contribution in [1.29, 1.82) is 0 Å². The standard InChI is InChI=1S/C19H19N5O6.2ClH/c1-29-18-19(30-2)22-17-12(7-14(24(27)28)8-15(17)21-18)9-23(11-16(25)26)10-13-5-3-4-6-20-13;;/h3-8H,9-11H2,1-2H3,(H,25,26);2*1H. The monoisotopic (exact) mass is 485 g/mol. The summed E-state index contributed by atoms with van der Waals surface area (Å²) >= 11 is 0. The van der Waals surface area contributed by atoms with Crippen molar-refractivity contribution in [2.45, 2.75) is 13.1 Å². The summed E-state index contributed by atoms with van der Waals surface area (Å²) in [6.45, 7) is 0.0186. The molecule has 3 aromatic rings. The molecule has 0 amide bonds. The summed E-state index contributed by atoms with van der Waals surface area (Å²) in [4.78, 5) is 36.7. The first-order valence-corrected chi connectivity index (χ1v) is 8.82. The van der Waals surface area contributed by atoms with Crippen molar-refractivity contribution < 1.29 is 24.3 Å². The van der Waals surface area contributed by atoms with Gasteiger partial charge in [-0.1, -0.05) is 6.07 Å². The van der Waals surface area contributed by atoms with E-state index in [0.29, 0.717) is 16.8 Å². The molecule has 13 heteroatoms. The molecule has 0 aliphatic heterocycles. The largest absolute Gasteiger partial charge is 0.480 e. The number of carbonyl (C=O) groups is 1. The highest BCUT2D eigenvalue weighted by atomic mass is 35.5. The van der Waals surface area contributed by atoms with E-state index in [-0.39, 0.29) is 67.4 Å². The maximum atomic E-state index is 11.4. The molecule has 0 radical (unpaired) electrons. The molecule has 32 heavy (non-hydrogen) atoms. The summed E-state index contributed by atoms with van der Waals surface area (Å²) in [6.07, 6.45) is 1.61. The summed E-state index contributed by atoms with van der Waals surface area (Å²) in [7, 11) is 2.79. The number of nitro benzene ring substituents is 1. The second-order valence-electron chi connectivity index (χ2n) is 6.33. The lowest BCUT2D eigenvalue weighted by Crippen LogP contribution is -2.29. The van der Waals surface area contributed by atoms with Crippen LogP contribution < -0.4 is 9.47 Å². The zero-order chi connectivity index (χ0) is 21.7. The molecule has 3 rings (SSSR count). The first-order chi connectivity index (χ1) is 14.4. The van der Waals surface area contributed by atoms with Crippen molar-refractivity contribution in [3.05, 3.63) is 57.9 Å². The van der Waals surface area contributed by atoms with E-state index in [2.05, 4.69) is 15.0 Å². The number of non-ortho nitro benzene ring substituents is 1. The van der Waals surface area contributed by atoms with Gasteiger partial charge in [-0.05, 0) is 12.1 Å². The van der Waals surface area contributed by atoms with Crippen molar-refractivity contribution in [2.24, 2.45) is 0 Å². The molecule has 2 aromatic heterocycles. The smallest absolute Gasteiger partial charge is 0.317 e. The Morgan fingerprint density at radius 3 is 2.38 bits per heavy atom. The van der Waals surface area contributed by atoms with Crippen LogP contribution in [0, 0.1) is 10.1 Å². The SMILES string of the molecule is COc1nc2cc([N+](=O)[O-])cc(CN(CC(=O)O)Cc3ccccn3)c2nc1OC.Cl.Cl. The van der Waals surface area contributed by atoms with Gasteiger partial charge >= 0.3 is 5.97 Å². The predicted octanol–water partition coefficient (Wildman–Crippen LogP) is 2.88. The zero-order valence-corrected chi connectivity index (χ0v) is 18.8. The molecule has 0 spiro atoms. The quantitative estimate of drug-likeness (QED) is 0.355. The first kappa shape index (κ1) is 26.8. The lowest BCUT2D eigenvalue weighted by Gasteiger charge is -2.20. The van der Waals surface area contributed by atoms with E-state index in [1.807, 2.05) is 0 Å². The number of methoxy groups -OCH3 is 2. The number of rotatable bonds is 9. The molecule has 0 aliphatic carbocycles. The van der Waals surface area contributed by atoms with Gasteiger partial charge in [0.1, 0.15) is 5.52 Å². The van der Waals surface area contributed by atoms with Gasteiger partial charge in [0.2, 0.25) is 0 Å². The number of hydrogen-bond acceptors (Lipinski definition) is 9. The Hall–Kier alpha value is -3.28. The summed E-state index contributed by atoms with van der Waals surface area (Å²) in [5, 5.41) is 20.7. The van der Waals surface area contributed by atoms with Gasteiger partial charge in [0, 0.05) is 37.0 Å². The number of aromatic nitrogens is 3. The number of carboxylic acid groups (broad SMARTS) is 1. The molecule has 2 heterocycles. The lowest BCUT2D eigenvalue weighted by atomic mass is 10.1. The molecular formula is C19H21Cl2N5O6. The van der Waals surface area contributed by atoms with Crippen LogP contribution in [0.2, 0.25) is 0 Å². The predicted molar refractivity (Wildman–Crippen MR) is 120 cm³/mol. The number of fused-ring (bicyclic) bond motifs is 1. The van der Waals surface area contributed by atoms with Gasteiger partial charge in [0.05, 0.1) is 36.9 Å². The molecule has 0 unspecified atom stereocenters. The van der Waals surface area contributed by atoms with E-state index in [4.69, 9.17) is 9.47 Å². The molecule has 11 nitrogen and oxygen atoms in total. The maximum absolute atomic E-state index is 11.4. The van der Waals surface area contributed by atoms with Crippen LogP contribution >= 0.6 is 24.8 Å². The Balaban J connectivity index is 0.00000256. The summed E-state index contributed by atoms with van der Waals surface area (Å²) in [6, 6.07) is 7.97. The van der Waals surface area contributed by atoms with Gasteiger partial charge in [-0.25, -0.2) is 9.97 Å². The minimum atomic E-state index is -1.04. The van der Waals surface area contributed by atoms with Gasteiger partial charge in [-0.2, -0.15) is 0 Å². The van der Waals surface area contributed by atoms with E-state index in [9.17, 15) is 20.0 Å². The van der Waals surface area contributed by atoms with E-state index in [0.717, 1.165) is 0 Å². The molecule has 1 aromatic carbocycles. The molecule has 0 saturated carbocycles. The van der Waals surface area contributed by atoms with Crippen molar-refractivity contribution >= 4 is 47.5 Å². The summed E-state index contributed by atoms with van der Waals surface area (Å²) in [5.41, 5.74) is 1.51. The fourth-order valence-corrected chi connectivity index (χ4v) is 2.99. The molecule has 0 saturated heterocycles. The van der Waals surface area contributed by atoms with Gasteiger partial charge in [0.25, 0.3) is 17.4 Å². The van der Waals surface area contributed by atoms with Crippen molar-refractivity contribution in [1.82, 2.24) is 19.9 Å². The third kappa shape index (κ3) is 6.36. The van der Waals surface area contributed by atoms with E-state index >= 15 is 0 Å². The number of benzene rings is 1. The topological polar surface area (TPSA) is 141 Å². The average molecular weight is 486 g/mol. The summed E-state index contributed by atoms with van der Waals surface area (Å²) in [5.74, 6) is -0.826. The zero-order valence-electron chi connectivity index (χ0n) is 17.1. The highest BCUT2D eigenvalue weighted by molar-refractivity contribution is 5.85. The van der Waals surface area contributed by atoms with Gasteiger partial charge in [-0.15, -0.1) is 24.8 Å². The molecule has 172 valence electrons. The normalized spacial score (nSPS) is 10.2. The number of carboxylic acids is 1. The number of hydrogen-bond donors (Lipinski definition) is 1. The van der Waals surface area contributed by atoms with Crippen molar-refractivity contribution in [3.8, 4) is 11.8 Å². The third-order valence-corrected chi connectivity index (χ3v) is 4.23. The average Bonchev–Trinajstić information content (AvgIpc) is 2.72. The minimum Gasteiger partial charge on any atom is -0.480 e. The molecule has 0 fully saturated rings. The number of aliphatic carboxylic acids is 1. The highest BCUT2D eigenvalue weighted by Gasteiger charge is 2.20. The van der Waals surface area contributed by atoms with Crippen LogP contribution in [0.25, 0.3) is 11.0 Å². The molecular weight excluding hydrogens is 465 g/mol. The molecule has 1 N–H and O–H groups in total. The Labute approximate surface area is 195 Å². The third-order valence-electron chi connectivity index (χ3n) is 4.23. The van der Waals surface area contributed by atoms with Crippen LogP contribution in [0.1, 0.15) is 11.3 Å². The molecule has 0 atom stereocenters. The van der Waals surface area contributed by atoms with Crippen molar-refractivity contribution in [3.63, 3.8) is 0 Å². The van der Waals surface area contributed by atoms with Crippen molar-refractivity contribution in [2.75, 3.05) is 20.8 Å². The Kier molecular flexibility index (Phi) is 9.98. The van der Waals surface area contributed by atoms with Crippen LogP contribution in [-0.2, 0) is 17.9 Å². The van der Waals surface area contributed by atoms with Gasteiger partial charge < -0.3 is 14.6 Å². The van der Waals surface area contributed by atoms with Crippen LogP contribution in [-0.4, -0.2) is 56.6 Å². The number of nitro groups is 1. The van der Waals surface area contributed by atoms with Crippen LogP contribution in [0.4, 0.5) is 5.69 Å². The van der Waals surface area contributed by atoms with Gasteiger partial charge in [-0.3, -0.25) is 24.8 Å². The molecule has 0 bridgehead atoms. The fourth-order valence-electron chi connectivity index (χ4n) is 2.99.